The zero-order valence-corrected chi connectivity index (χ0v) is 15.5. The Morgan fingerprint density at radius 1 is 1.19 bits per heavy atom. The number of amides is 1. The molecule has 1 aliphatic rings. The van der Waals surface area contributed by atoms with Gasteiger partial charge < -0.3 is 20.9 Å². The van der Waals surface area contributed by atoms with Crippen molar-refractivity contribution in [2.45, 2.75) is 32.0 Å². The summed E-state index contributed by atoms with van der Waals surface area (Å²) in [5.74, 6) is 0.929. The highest BCUT2D eigenvalue weighted by Gasteiger charge is 2.31. The van der Waals surface area contributed by atoms with Crippen molar-refractivity contribution in [3.8, 4) is 5.75 Å². The molecule has 0 heterocycles. The first kappa shape index (κ1) is 19.4. The van der Waals surface area contributed by atoms with Crippen molar-refractivity contribution < 1.29 is 14.6 Å². The Balaban J connectivity index is 1.52. The Morgan fingerprint density at radius 3 is 2.78 bits per heavy atom. The SMILES string of the molecule is NC[C@H]1CCC[C@H]1C(=O)NCC(O)c1cccc(OCc2ccccc2)c1. The summed E-state index contributed by atoms with van der Waals surface area (Å²) >= 11 is 0. The van der Waals surface area contributed by atoms with Gasteiger partial charge in [0.1, 0.15) is 12.4 Å². The first-order chi connectivity index (χ1) is 13.2. The van der Waals surface area contributed by atoms with Crippen LogP contribution in [0, 0.1) is 11.8 Å². The topological polar surface area (TPSA) is 84.6 Å². The summed E-state index contributed by atoms with van der Waals surface area (Å²) in [5, 5.41) is 13.3. The lowest BCUT2D eigenvalue weighted by atomic mass is 9.95. The van der Waals surface area contributed by atoms with Crippen molar-refractivity contribution in [2.24, 2.45) is 17.6 Å². The maximum Gasteiger partial charge on any atom is 0.223 e. The third kappa shape index (κ3) is 5.31. The van der Waals surface area contributed by atoms with E-state index >= 15 is 0 Å². The van der Waals surface area contributed by atoms with E-state index in [2.05, 4.69) is 5.32 Å². The molecule has 5 heteroatoms. The van der Waals surface area contributed by atoms with Gasteiger partial charge in [-0.2, -0.15) is 0 Å². The van der Waals surface area contributed by atoms with Gasteiger partial charge in [-0.3, -0.25) is 4.79 Å². The summed E-state index contributed by atoms with van der Waals surface area (Å²) in [6.07, 6.45) is 2.17. The summed E-state index contributed by atoms with van der Waals surface area (Å²) in [5.41, 5.74) is 7.56. The molecule has 3 rings (SSSR count). The van der Waals surface area contributed by atoms with Crippen LogP contribution >= 0.6 is 0 Å². The molecule has 1 aliphatic carbocycles. The van der Waals surface area contributed by atoms with E-state index in [9.17, 15) is 9.90 Å². The minimum absolute atomic E-state index is 0.00141. The number of nitrogens with one attached hydrogen (secondary N) is 1. The van der Waals surface area contributed by atoms with Crippen molar-refractivity contribution in [2.75, 3.05) is 13.1 Å². The number of hydrogen-bond acceptors (Lipinski definition) is 4. The lowest BCUT2D eigenvalue weighted by molar-refractivity contribution is -0.126. The summed E-state index contributed by atoms with van der Waals surface area (Å²) in [6, 6.07) is 17.3. The molecule has 1 amide bonds. The molecule has 4 N–H and O–H groups in total. The molecule has 0 spiro atoms. The lowest BCUT2D eigenvalue weighted by Crippen LogP contribution is -2.37. The van der Waals surface area contributed by atoms with Gasteiger partial charge in [0, 0.05) is 12.5 Å². The van der Waals surface area contributed by atoms with Crippen LogP contribution in [0.2, 0.25) is 0 Å². The number of nitrogens with two attached hydrogens (primary N) is 1. The third-order valence-corrected chi connectivity index (χ3v) is 5.26. The number of carbonyl (C=O) groups excluding carboxylic acids is 1. The number of hydrogen-bond donors (Lipinski definition) is 3. The minimum Gasteiger partial charge on any atom is -0.489 e. The lowest BCUT2D eigenvalue weighted by Gasteiger charge is -2.19. The van der Waals surface area contributed by atoms with E-state index in [1.165, 1.54) is 0 Å². The van der Waals surface area contributed by atoms with E-state index < -0.39 is 6.10 Å². The van der Waals surface area contributed by atoms with Crippen LogP contribution < -0.4 is 15.8 Å². The van der Waals surface area contributed by atoms with Crippen LogP contribution in [-0.4, -0.2) is 24.1 Å². The van der Waals surface area contributed by atoms with Gasteiger partial charge in [-0.05, 0) is 48.6 Å². The van der Waals surface area contributed by atoms with E-state index in [1.54, 1.807) is 0 Å². The summed E-state index contributed by atoms with van der Waals surface area (Å²) in [7, 11) is 0. The van der Waals surface area contributed by atoms with Crippen molar-refractivity contribution >= 4 is 5.91 Å². The van der Waals surface area contributed by atoms with Crippen molar-refractivity contribution in [1.82, 2.24) is 5.32 Å². The highest BCUT2D eigenvalue weighted by atomic mass is 16.5. The smallest absolute Gasteiger partial charge is 0.223 e. The molecule has 2 aromatic carbocycles. The second-order valence-corrected chi connectivity index (χ2v) is 7.14. The molecule has 0 radical (unpaired) electrons. The normalized spacial score (nSPS) is 20.2. The van der Waals surface area contributed by atoms with E-state index in [-0.39, 0.29) is 24.3 Å². The largest absolute Gasteiger partial charge is 0.489 e. The Morgan fingerprint density at radius 2 is 2.00 bits per heavy atom. The first-order valence-corrected chi connectivity index (χ1v) is 9.60. The summed E-state index contributed by atoms with van der Waals surface area (Å²) in [4.78, 5) is 12.4. The van der Waals surface area contributed by atoms with Crippen LogP contribution in [0.3, 0.4) is 0 Å². The highest BCUT2D eigenvalue weighted by Crippen LogP contribution is 2.31. The Labute approximate surface area is 160 Å². The van der Waals surface area contributed by atoms with Crippen LogP contribution in [0.25, 0.3) is 0 Å². The van der Waals surface area contributed by atoms with E-state index in [4.69, 9.17) is 10.5 Å². The molecular formula is C22H28N2O3. The first-order valence-electron chi connectivity index (χ1n) is 9.60. The summed E-state index contributed by atoms with van der Waals surface area (Å²) < 4.78 is 5.81. The molecule has 144 valence electrons. The number of aliphatic hydroxyl groups is 1. The predicted molar refractivity (Wildman–Crippen MR) is 105 cm³/mol. The second kappa shape index (κ2) is 9.53. The predicted octanol–water partition coefficient (Wildman–Crippen LogP) is 2.79. The van der Waals surface area contributed by atoms with Crippen LogP contribution in [0.5, 0.6) is 5.75 Å². The van der Waals surface area contributed by atoms with Crippen LogP contribution in [-0.2, 0) is 11.4 Å². The fourth-order valence-corrected chi connectivity index (χ4v) is 3.66. The van der Waals surface area contributed by atoms with Gasteiger partial charge in [0.25, 0.3) is 0 Å². The molecule has 5 nitrogen and oxygen atoms in total. The van der Waals surface area contributed by atoms with Crippen molar-refractivity contribution in [1.29, 1.82) is 0 Å². The monoisotopic (exact) mass is 368 g/mol. The average Bonchev–Trinajstić information content (AvgIpc) is 3.20. The molecule has 1 unspecified atom stereocenters. The van der Waals surface area contributed by atoms with Crippen molar-refractivity contribution in [3.63, 3.8) is 0 Å². The van der Waals surface area contributed by atoms with E-state index in [0.717, 1.165) is 30.4 Å². The van der Waals surface area contributed by atoms with Gasteiger partial charge in [0.05, 0.1) is 6.10 Å². The van der Waals surface area contributed by atoms with Gasteiger partial charge in [-0.1, -0.05) is 48.9 Å². The Bertz CT molecular complexity index is 735. The molecule has 3 atom stereocenters. The van der Waals surface area contributed by atoms with Gasteiger partial charge in [0.15, 0.2) is 0 Å². The van der Waals surface area contributed by atoms with Gasteiger partial charge >= 0.3 is 0 Å². The second-order valence-electron chi connectivity index (χ2n) is 7.14. The Hall–Kier alpha value is -2.37. The standard InChI is InChI=1S/C22H28N2O3/c23-13-18-9-5-11-20(18)22(26)24-14-21(25)17-8-4-10-19(12-17)27-15-16-6-2-1-3-7-16/h1-4,6-8,10,12,18,20-21,25H,5,9,11,13-15,23H2,(H,24,26)/t18-,20-,21?/m1/s1. The molecule has 0 bridgehead atoms. The molecule has 0 aliphatic heterocycles. The molecule has 27 heavy (non-hydrogen) atoms. The van der Waals surface area contributed by atoms with E-state index in [1.807, 2.05) is 54.6 Å². The molecule has 0 aromatic heterocycles. The van der Waals surface area contributed by atoms with Crippen LogP contribution in [0.1, 0.15) is 36.5 Å². The number of carbonyl (C=O) groups is 1. The molecule has 1 fully saturated rings. The number of aliphatic hydroxyl groups excluding tert-OH is 1. The van der Waals surface area contributed by atoms with E-state index in [0.29, 0.717) is 18.9 Å². The van der Waals surface area contributed by atoms with Gasteiger partial charge in [-0.15, -0.1) is 0 Å². The maximum absolute atomic E-state index is 12.4. The zero-order chi connectivity index (χ0) is 19.1. The van der Waals surface area contributed by atoms with Gasteiger partial charge in [-0.25, -0.2) is 0 Å². The molecule has 1 saturated carbocycles. The number of benzene rings is 2. The minimum atomic E-state index is -0.771. The zero-order valence-electron chi connectivity index (χ0n) is 15.5. The number of rotatable bonds is 8. The fraction of sp³-hybridized carbons (Fsp3) is 0.409. The molecule has 2 aromatic rings. The highest BCUT2D eigenvalue weighted by molar-refractivity contribution is 5.79. The van der Waals surface area contributed by atoms with Crippen molar-refractivity contribution in [3.05, 3.63) is 65.7 Å². The quantitative estimate of drug-likeness (QED) is 0.669. The molecular weight excluding hydrogens is 340 g/mol. The third-order valence-electron chi connectivity index (χ3n) is 5.26. The fourth-order valence-electron chi connectivity index (χ4n) is 3.66. The Kier molecular flexibility index (Phi) is 6.85. The number of ether oxygens (including phenoxy) is 1. The average molecular weight is 368 g/mol. The van der Waals surface area contributed by atoms with Crippen LogP contribution in [0.4, 0.5) is 0 Å². The van der Waals surface area contributed by atoms with Gasteiger partial charge in [0.2, 0.25) is 5.91 Å². The van der Waals surface area contributed by atoms with Crippen LogP contribution in [0.15, 0.2) is 54.6 Å². The summed E-state index contributed by atoms with van der Waals surface area (Å²) in [6.45, 7) is 1.20. The maximum atomic E-state index is 12.4. The molecule has 0 saturated heterocycles.